The van der Waals surface area contributed by atoms with Crippen molar-refractivity contribution in [3.8, 4) is 11.5 Å². The summed E-state index contributed by atoms with van der Waals surface area (Å²) in [6.07, 6.45) is 0. The summed E-state index contributed by atoms with van der Waals surface area (Å²) in [5.41, 5.74) is 0. The first-order valence-corrected chi connectivity index (χ1v) is 16.7. The number of carboxylic acid groups (broad SMARTS) is 2. The van der Waals surface area contributed by atoms with Crippen LogP contribution >= 0.6 is 23.5 Å². The molecule has 6 rings (SSSR count). The first kappa shape index (κ1) is 43.9. The Morgan fingerprint density at radius 3 is 1.27 bits per heavy atom. The second kappa shape index (κ2) is 17.5. The minimum Gasteiger partial charge on any atom is -0.548 e. The van der Waals surface area contributed by atoms with Crippen molar-refractivity contribution in [3.63, 3.8) is 0 Å². The van der Waals surface area contributed by atoms with Gasteiger partial charge in [-0.25, -0.2) is 0 Å². The Balaban J connectivity index is 0.000000334. The summed E-state index contributed by atoms with van der Waals surface area (Å²) in [7, 11) is 0. The number of benzene rings is 2. The Bertz CT molecular complexity index is 1490. The van der Waals surface area contributed by atoms with Crippen molar-refractivity contribution < 1.29 is 59.4 Å². The van der Waals surface area contributed by atoms with Crippen molar-refractivity contribution in [1.82, 2.24) is 20.4 Å². The number of thioether (sulfide) groups is 2. The number of amides is 4. The minimum atomic E-state index is -1.28. The Kier molecular flexibility index (Phi) is 15.1. The van der Waals surface area contributed by atoms with Crippen LogP contribution in [0.25, 0.3) is 0 Å². The number of carboxylic acids is 2. The van der Waals surface area contributed by atoms with Gasteiger partial charge in [0.15, 0.2) is 13.2 Å². The number of hydrogen-bond donors (Lipinski definition) is 2. The molecule has 6 N–H and O–H groups in total. The number of fused-ring (bicyclic) bond motifs is 2. The molecule has 51 heavy (non-hydrogen) atoms. The predicted octanol–water partition coefficient (Wildman–Crippen LogP) is -3.31. The molecule has 0 saturated carbocycles. The second-order valence-electron chi connectivity index (χ2n) is 12.5. The minimum absolute atomic E-state index is 0. The fourth-order valence-electron chi connectivity index (χ4n) is 6.01. The van der Waals surface area contributed by atoms with E-state index in [0.717, 1.165) is 0 Å². The second-order valence-corrected chi connectivity index (χ2v) is 16.0. The summed E-state index contributed by atoms with van der Waals surface area (Å²) >= 11 is 2.70. The van der Waals surface area contributed by atoms with E-state index >= 15 is 0 Å². The number of carbonyl (C=O) groups is 6. The van der Waals surface area contributed by atoms with E-state index in [2.05, 4.69) is 10.6 Å². The summed E-state index contributed by atoms with van der Waals surface area (Å²) in [5, 5.41) is 27.1. The largest absolute Gasteiger partial charge is 2.00 e. The Labute approximate surface area is 331 Å². The van der Waals surface area contributed by atoms with Gasteiger partial charge in [-0.15, -0.1) is 23.5 Å². The van der Waals surface area contributed by atoms with Crippen LogP contribution in [0.1, 0.15) is 27.7 Å². The van der Waals surface area contributed by atoms with Gasteiger partial charge in [0, 0.05) is 9.49 Å². The number of rotatable bonds is 10. The van der Waals surface area contributed by atoms with Crippen molar-refractivity contribution in [2.24, 2.45) is 0 Å². The Morgan fingerprint density at radius 2 is 0.980 bits per heavy atom. The SMILES string of the molecule is CC1(C)S[C@@H]2[C@H](NC(=O)COc3ccccc3)C(=O)N2[C@H]1C(=O)[O-].CC1(C)S[C@@H]2[C@H](NC(=O)COc3ccccc3)C(=O)N2[C@H]1C(=O)[O-].O.O.[Ca+2]. The number of nitrogens with zero attached hydrogens (tertiary/aromatic N) is 2. The molecule has 0 spiro atoms. The molecule has 0 radical (unpaired) electrons. The van der Waals surface area contributed by atoms with Crippen LogP contribution < -0.4 is 30.3 Å². The number of hydrogen-bond acceptors (Lipinski definition) is 12. The van der Waals surface area contributed by atoms with Crippen LogP contribution in [0.15, 0.2) is 60.7 Å². The van der Waals surface area contributed by atoms with Gasteiger partial charge in [0.25, 0.3) is 11.8 Å². The van der Waals surface area contributed by atoms with Crippen molar-refractivity contribution in [2.45, 2.75) is 72.1 Å². The number of nitrogens with one attached hydrogen (secondary N) is 2. The molecule has 4 saturated heterocycles. The molecular weight excluding hydrogens is 737 g/mol. The molecule has 4 amide bonds. The van der Waals surface area contributed by atoms with Crippen LogP contribution in [-0.2, 0) is 28.8 Å². The average molecular weight is 775 g/mol. The number of carbonyl (C=O) groups excluding carboxylic acids is 6. The van der Waals surface area contributed by atoms with Crippen molar-refractivity contribution >= 4 is 96.8 Å². The number of para-hydroxylation sites is 2. The molecule has 0 unspecified atom stereocenters. The van der Waals surface area contributed by atoms with Crippen molar-refractivity contribution in [1.29, 1.82) is 0 Å². The van der Waals surface area contributed by atoms with Gasteiger partial charge in [-0.05, 0) is 52.0 Å². The van der Waals surface area contributed by atoms with Crippen LogP contribution in [0, 0.1) is 0 Å². The summed E-state index contributed by atoms with van der Waals surface area (Å²) in [6, 6.07) is 14.3. The van der Waals surface area contributed by atoms with Crippen LogP contribution in [0.3, 0.4) is 0 Å². The number of aliphatic carboxylic acids is 2. The van der Waals surface area contributed by atoms with Gasteiger partial charge < -0.3 is 60.7 Å². The summed E-state index contributed by atoms with van der Waals surface area (Å²) < 4.78 is 9.34. The maximum Gasteiger partial charge on any atom is 2.00 e. The molecular formula is C32H38CaN4O12S2. The zero-order chi connectivity index (χ0) is 35.0. The Morgan fingerprint density at radius 1 is 0.667 bits per heavy atom. The van der Waals surface area contributed by atoms with Crippen LogP contribution in [0.5, 0.6) is 11.5 Å². The zero-order valence-corrected chi connectivity index (χ0v) is 32.0. The molecule has 19 heteroatoms. The average Bonchev–Trinajstić information content (AvgIpc) is 3.46. The molecule has 2 aromatic rings. The zero-order valence-electron chi connectivity index (χ0n) is 28.2. The molecule has 0 aliphatic carbocycles. The predicted molar refractivity (Wildman–Crippen MR) is 183 cm³/mol. The van der Waals surface area contributed by atoms with Gasteiger partial charge in [0.2, 0.25) is 11.8 Å². The monoisotopic (exact) mass is 774 g/mol. The van der Waals surface area contributed by atoms with Gasteiger partial charge in [0.1, 0.15) is 34.3 Å². The maximum atomic E-state index is 12.2. The van der Waals surface area contributed by atoms with Gasteiger partial charge >= 0.3 is 37.7 Å². The quantitative estimate of drug-likeness (QED) is 0.178. The van der Waals surface area contributed by atoms with E-state index in [1.807, 2.05) is 12.1 Å². The van der Waals surface area contributed by atoms with E-state index in [1.165, 1.54) is 33.3 Å². The summed E-state index contributed by atoms with van der Waals surface area (Å²) in [5.74, 6) is -3.09. The molecule has 2 aromatic carbocycles. The maximum absolute atomic E-state index is 12.2. The molecule has 16 nitrogen and oxygen atoms in total. The van der Waals surface area contributed by atoms with Crippen molar-refractivity contribution in [2.75, 3.05) is 13.2 Å². The normalized spacial score (nSPS) is 25.6. The van der Waals surface area contributed by atoms with Gasteiger partial charge in [0.05, 0.1) is 24.0 Å². The molecule has 4 fully saturated rings. The van der Waals surface area contributed by atoms with Gasteiger partial charge in [-0.1, -0.05) is 36.4 Å². The van der Waals surface area contributed by atoms with E-state index in [1.54, 1.807) is 76.2 Å². The van der Waals surface area contributed by atoms with E-state index in [4.69, 9.17) is 9.47 Å². The fraction of sp³-hybridized carbons (Fsp3) is 0.438. The van der Waals surface area contributed by atoms with Gasteiger partial charge in [-0.3, -0.25) is 19.2 Å². The third-order valence-corrected chi connectivity index (χ3v) is 11.3. The molecule has 6 atom stereocenters. The molecule has 4 aliphatic rings. The third-order valence-electron chi connectivity index (χ3n) is 8.19. The van der Waals surface area contributed by atoms with E-state index in [0.29, 0.717) is 11.5 Å². The number of ether oxygens (including phenoxy) is 2. The fourth-order valence-corrected chi connectivity index (χ4v) is 9.26. The molecule has 272 valence electrons. The standard InChI is InChI=1S/2C16H18N2O5S.Ca.2H2O/c2*1-16(2)12(15(21)22)18-13(20)11(14(18)24-16)17-10(19)8-23-9-6-4-3-5-7-9;;;/h2*3-7,11-12,14H,8H2,1-2H3,(H,17,19)(H,21,22);;2*1H2/q;;+2;;/p-2/t2*11-,12+,14-;;;/m11.../s1. The van der Waals surface area contributed by atoms with Crippen LogP contribution in [-0.4, -0.2) is 152 Å². The first-order chi connectivity index (χ1) is 22.6. The van der Waals surface area contributed by atoms with E-state index < -0.39 is 80.0 Å². The third kappa shape index (κ3) is 9.22. The molecule has 0 bridgehead atoms. The summed E-state index contributed by atoms with van der Waals surface area (Å²) in [4.78, 5) is 73.6. The Hall–Kier alpha value is -3.26. The van der Waals surface area contributed by atoms with E-state index in [-0.39, 0.29) is 61.9 Å². The smallest absolute Gasteiger partial charge is 0.548 e. The first-order valence-electron chi connectivity index (χ1n) is 15.0. The topological polar surface area (TPSA) is 261 Å². The van der Waals surface area contributed by atoms with E-state index in [9.17, 15) is 39.0 Å². The van der Waals surface area contributed by atoms with Crippen LogP contribution in [0.4, 0.5) is 0 Å². The van der Waals surface area contributed by atoms with Gasteiger partial charge in [-0.2, -0.15) is 0 Å². The summed E-state index contributed by atoms with van der Waals surface area (Å²) in [6.45, 7) is 6.58. The number of β-lactam (4-membered cyclic amide) rings is 2. The molecule has 4 aliphatic heterocycles. The molecule has 4 heterocycles. The van der Waals surface area contributed by atoms with Crippen LogP contribution in [0.2, 0.25) is 0 Å². The van der Waals surface area contributed by atoms with Crippen molar-refractivity contribution in [3.05, 3.63) is 60.7 Å². The molecule has 0 aromatic heterocycles.